The van der Waals surface area contributed by atoms with Crippen molar-refractivity contribution in [2.75, 3.05) is 37.7 Å². The van der Waals surface area contributed by atoms with Gasteiger partial charge in [-0.1, -0.05) is 0 Å². The zero-order valence-corrected chi connectivity index (χ0v) is 16.4. The van der Waals surface area contributed by atoms with Gasteiger partial charge in [0.05, 0.1) is 23.2 Å². The maximum absolute atomic E-state index is 11.6. The van der Waals surface area contributed by atoms with Crippen molar-refractivity contribution in [2.45, 2.75) is 58.7 Å². The highest BCUT2D eigenvalue weighted by atomic mass is 32.2. The number of nitrogens with one attached hydrogen (secondary N) is 1. The highest BCUT2D eigenvalue weighted by molar-refractivity contribution is 7.91. The molecule has 0 saturated carbocycles. The van der Waals surface area contributed by atoms with Crippen LogP contribution in [0, 0.1) is 5.92 Å². The third-order valence-corrected chi connectivity index (χ3v) is 6.26. The first-order chi connectivity index (χ1) is 11.2. The van der Waals surface area contributed by atoms with Crippen molar-refractivity contribution in [2.24, 2.45) is 10.9 Å². The second-order valence-electron chi connectivity index (χ2n) is 7.88. The largest absolute Gasteiger partial charge is 0.372 e. The molecule has 1 unspecified atom stereocenters. The van der Waals surface area contributed by atoms with E-state index in [0.717, 1.165) is 44.9 Å². The standard InChI is InChI=1S/C17H33N3O3S/c1-5-18-16(19-12-14-8-11-24(21,22)13-14)20-9-6-15(7-10-20)23-17(2,3)4/h14-15H,5-13H2,1-4H3,(H,18,19). The average Bonchev–Trinajstić information content (AvgIpc) is 2.82. The van der Waals surface area contributed by atoms with Gasteiger partial charge in [0.15, 0.2) is 15.8 Å². The number of nitrogens with zero attached hydrogens (tertiary/aromatic N) is 2. The molecule has 0 amide bonds. The second-order valence-corrected chi connectivity index (χ2v) is 10.1. The van der Waals surface area contributed by atoms with Crippen LogP contribution < -0.4 is 5.32 Å². The lowest BCUT2D eigenvalue weighted by Crippen LogP contribution is -2.48. The van der Waals surface area contributed by atoms with E-state index in [9.17, 15) is 8.42 Å². The summed E-state index contributed by atoms with van der Waals surface area (Å²) in [5.41, 5.74) is -0.0978. The molecule has 2 fully saturated rings. The van der Waals surface area contributed by atoms with Crippen LogP contribution in [0.15, 0.2) is 4.99 Å². The van der Waals surface area contributed by atoms with Gasteiger partial charge in [0, 0.05) is 26.2 Å². The Bertz CT molecular complexity index is 532. The molecular formula is C17H33N3O3S. The summed E-state index contributed by atoms with van der Waals surface area (Å²) >= 11 is 0. The fourth-order valence-corrected chi connectivity index (χ4v) is 5.19. The van der Waals surface area contributed by atoms with E-state index in [-0.39, 0.29) is 17.3 Å². The number of likely N-dealkylation sites (tertiary alicyclic amines) is 1. The van der Waals surface area contributed by atoms with E-state index in [4.69, 9.17) is 9.73 Å². The van der Waals surface area contributed by atoms with Crippen molar-refractivity contribution in [3.63, 3.8) is 0 Å². The zero-order chi connectivity index (χ0) is 17.8. The van der Waals surface area contributed by atoms with Crippen LogP contribution in [0.4, 0.5) is 0 Å². The smallest absolute Gasteiger partial charge is 0.193 e. The SMILES string of the molecule is CCNC(=NCC1CCS(=O)(=O)C1)N1CCC(OC(C)(C)C)CC1. The lowest BCUT2D eigenvalue weighted by Gasteiger charge is -2.37. The second kappa shape index (κ2) is 8.04. The third kappa shape index (κ3) is 6.24. The fraction of sp³-hybridized carbons (Fsp3) is 0.941. The summed E-state index contributed by atoms with van der Waals surface area (Å²) in [6, 6.07) is 0. The summed E-state index contributed by atoms with van der Waals surface area (Å²) in [6.07, 6.45) is 3.05. The highest BCUT2D eigenvalue weighted by Gasteiger charge is 2.29. The lowest BCUT2D eigenvalue weighted by atomic mass is 10.1. The van der Waals surface area contributed by atoms with E-state index < -0.39 is 9.84 Å². The van der Waals surface area contributed by atoms with Crippen LogP contribution >= 0.6 is 0 Å². The summed E-state index contributed by atoms with van der Waals surface area (Å²) in [6.45, 7) is 11.6. The molecule has 0 aromatic heterocycles. The number of aliphatic imine (C=N–C) groups is 1. The molecule has 0 radical (unpaired) electrons. The van der Waals surface area contributed by atoms with Crippen molar-refractivity contribution in [1.82, 2.24) is 10.2 Å². The maximum Gasteiger partial charge on any atom is 0.193 e. The minimum atomic E-state index is -2.83. The molecule has 0 spiro atoms. The molecule has 0 bridgehead atoms. The van der Waals surface area contributed by atoms with Gasteiger partial charge in [-0.25, -0.2) is 8.42 Å². The van der Waals surface area contributed by atoms with Gasteiger partial charge >= 0.3 is 0 Å². The number of piperidine rings is 1. The molecule has 1 atom stereocenters. The molecular weight excluding hydrogens is 326 g/mol. The van der Waals surface area contributed by atoms with E-state index in [1.165, 1.54) is 0 Å². The maximum atomic E-state index is 11.6. The van der Waals surface area contributed by atoms with Gasteiger partial charge in [0.1, 0.15) is 0 Å². The third-order valence-electron chi connectivity index (χ3n) is 4.42. The summed E-state index contributed by atoms with van der Waals surface area (Å²) < 4.78 is 29.2. The van der Waals surface area contributed by atoms with Gasteiger partial charge < -0.3 is 15.0 Å². The molecule has 2 aliphatic heterocycles. The summed E-state index contributed by atoms with van der Waals surface area (Å²) in [4.78, 5) is 6.98. The molecule has 2 saturated heterocycles. The van der Waals surface area contributed by atoms with Gasteiger partial charge in [-0.3, -0.25) is 4.99 Å². The van der Waals surface area contributed by atoms with Crippen LogP contribution in [0.5, 0.6) is 0 Å². The first-order valence-electron chi connectivity index (χ1n) is 9.10. The molecule has 1 N–H and O–H groups in total. The van der Waals surface area contributed by atoms with E-state index in [2.05, 4.69) is 37.9 Å². The lowest BCUT2D eigenvalue weighted by molar-refractivity contribution is -0.0772. The Morgan fingerprint density at radius 2 is 1.92 bits per heavy atom. The van der Waals surface area contributed by atoms with Crippen LogP contribution in [-0.4, -0.2) is 68.7 Å². The molecule has 0 aromatic carbocycles. The van der Waals surface area contributed by atoms with Crippen molar-refractivity contribution in [1.29, 1.82) is 0 Å². The first kappa shape index (κ1) is 19.5. The Hall–Kier alpha value is -0.820. The Labute approximate surface area is 147 Å². The van der Waals surface area contributed by atoms with Gasteiger partial charge in [-0.2, -0.15) is 0 Å². The first-order valence-corrected chi connectivity index (χ1v) is 10.9. The van der Waals surface area contributed by atoms with E-state index in [1.807, 2.05) is 0 Å². The van der Waals surface area contributed by atoms with Gasteiger partial charge in [0.25, 0.3) is 0 Å². The predicted octanol–water partition coefficient (Wildman–Crippen LogP) is 1.67. The van der Waals surface area contributed by atoms with Crippen molar-refractivity contribution < 1.29 is 13.2 Å². The molecule has 140 valence electrons. The molecule has 2 aliphatic rings. The van der Waals surface area contributed by atoms with E-state index >= 15 is 0 Å². The highest BCUT2D eigenvalue weighted by Crippen LogP contribution is 2.21. The monoisotopic (exact) mass is 359 g/mol. The topological polar surface area (TPSA) is 71.0 Å². The molecule has 6 nitrogen and oxygen atoms in total. The molecule has 2 heterocycles. The molecule has 2 rings (SSSR count). The zero-order valence-electron chi connectivity index (χ0n) is 15.5. The van der Waals surface area contributed by atoms with Crippen molar-refractivity contribution in [3.8, 4) is 0 Å². The van der Waals surface area contributed by atoms with Gasteiger partial charge in [-0.05, 0) is 52.9 Å². The minimum Gasteiger partial charge on any atom is -0.372 e. The number of guanidine groups is 1. The Balaban J connectivity index is 1.88. The van der Waals surface area contributed by atoms with Crippen LogP contribution in [0.1, 0.15) is 47.0 Å². The Kier molecular flexibility index (Phi) is 6.53. The summed E-state index contributed by atoms with van der Waals surface area (Å²) in [5.74, 6) is 1.69. The Morgan fingerprint density at radius 1 is 1.25 bits per heavy atom. The molecule has 0 aromatic rings. The van der Waals surface area contributed by atoms with Crippen LogP contribution in [0.2, 0.25) is 0 Å². The Morgan fingerprint density at radius 3 is 2.42 bits per heavy atom. The van der Waals surface area contributed by atoms with E-state index in [1.54, 1.807) is 0 Å². The molecule has 7 heteroatoms. The van der Waals surface area contributed by atoms with Gasteiger partial charge in [0.2, 0.25) is 0 Å². The normalized spacial score (nSPS) is 25.9. The van der Waals surface area contributed by atoms with Gasteiger partial charge in [-0.15, -0.1) is 0 Å². The van der Waals surface area contributed by atoms with Crippen LogP contribution in [0.25, 0.3) is 0 Å². The molecule has 24 heavy (non-hydrogen) atoms. The predicted molar refractivity (Wildman–Crippen MR) is 98.2 cm³/mol. The minimum absolute atomic E-state index is 0.0978. The van der Waals surface area contributed by atoms with Crippen LogP contribution in [0.3, 0.4) is 0 Å². The number of rotatable bonds is 4. The average molecular weight is 360 g/mol. The number of hydrogen-bond acceptors (Lipinski definition) is 4. The quantitative estimate of drug-likeness (QED) is 0.611. The van der Waals surface area contributed by atoms with Crippen LogP contribution in [-0.2, 0) is 14.6 Å². The summed E-state index contributed by atoms with van der Waals surface area (Å²) in [5, 5.41) is 3.35. The fourth-order valence-electron chi connectivity index (χ4n) is 3.34. The number of ether oxygens (including phenoxy) is 1. The number of sulfone groups is 1. The van der Waals surface area contributed by atoms with E-state index in [0.29, 0.717) is 18.4 Å². The van der Waals surface area contributed by atoms with Crippen molar-refractivity contribution >= 4 is 15.8 Å². The van der Waals surface area contributed by atoms with Crippen molar-refractivity contribution in [3.05, 3.63) is 0 Å². The molecule has 0 aliphatic carbocycles. The number of hydrogen-bond donors (Lipinski definition) is 1. The summed E-state index contributed by atoms with van der Waals surface area (Å²) in [7, 11) is -2.83.